The van der Waals surface area contributed by atoms with Crippen LogP contribution in [0.2, 0.25) is 0 Å². The number of furan rings is 1. The van der Waals surface area contributed by atoms with Crippen LogP contribution in [0.3, 0.4) is 0 Å². The lowest BCUT2D eigenvalue weighted by molar-refractivity contribution is 0.547. The predicted molar refractivity (Wildman–Crippen MR) is 143 cm³/mol. The summed E-state index contributed by atoms with van der Waals surface area (Å²) < 4.78 is 6.37. The largest absolute Gasteiger partial charge is 0.460 e. The highest BCUT2D eigenvalue weighted by Gasteiger charge is 2.18. The van der Waals surface area contributed by atoms with E-state index in [1.54, 1.807) is 0 Å². The van der Waals surface area contributed by atoms with Gasteiger partial charge in [0.25, 0.3) is 0 Å². The molecule has 0 unspecified atom stereocenters. The van der Waals surface area contributed by atoms with E-state index in [1.165, 1.54) is 38.8 Å². The van der Waals surface area contributed by atoms with Crippen LogP contribution in [0.4, 0.5) is 11.4 Å². The third kappa shape index (κ3) is 3.11. The molecule has 2 heteroatoms. The summed E-state index contributed by atoms with van der Waals surface area (Å²) in [5.41, 5.74) is 11.6. The number of allylic oxidation sites excluding steroid dienone is 1. The molecular weight excluding hydrogens is 414 g/mol. The summed E-state index contributed by atoms with van der Waals surface area (Å²) in [7, 11) is 0. The molecular formula is C32H23NO. The van der Waals surface area contributed by atoms with Crippen molar-refractivity contribution in [3.05, 3.63) is 113 Å². The van der Waals surface area contributed by atoms with Gasteiger partial charge in [-0.05, 0) is 58.5 Å². The second-order valence-corrected chi connectivity index (χ2v) is 8.99. The minimum Gasteiger partial charge on any atom is -0.460 e. The number of fused-ring (bicyclic) bond motifs is 5. The van der Waals surface area contributed by atoms with E-state index < -0.39 is 0 Å². The van der Waals surface area contributed by atoms with E-state index in [0.717, 1.165) is 41.1 Å². The maximum atomic E-state index is 6.37. The molecule has 2 nitrogen and oxygen atoms in total. The number of rotatable bonds is 2. The molecule has 1 aromatic heterocycles. The van der Waals surface area contributed by atoms with Crippen molar-refractivity contribution in [2.24, 2.45) is 0 Å². The molecule has 1 aliphatic carbocycles. The second kappa shape index (κ2) is 7.64. The SMILES string of the molecule is C1=Cc2c(oc3c(-c4ccc5c(c4)C=Cc4cc(-c6ccccc6)ccc4N5)cccc23)CC1. The Morgan fingerprint density at radius 1 is 0.647 bits per heavy atom. The van der Waals surface area contributed by atoms with Gasteiger partial charge in [0.2, 0.25) is 0 Å². The molecule has 0 atom stereocenters. The molecule has 1 aliphatic heterocycles. The van der Waals surface area contributed by atoms with Crippen LogP contribution in [0.15, 0.2) is 95.4 Å². The Morgan fingerprint density at radius 2 is 1.41 bits per heavy atom. The van der Waals surface area contributed by atoms with E-state index in [2.05, 4.69) is 115 Å². The Hall–Kier alpha value is -4.30. The molecule has 7 rings (SSSR count). The highest BCUT2D eigenvalue weighted by Crippen LogP contribution is 2.39. The van der Waals surface area contributed by atoms with Gasteiger partial charge in [0.05, 0.1) is 0 Å². The van der Waals surface area contributed by atoms with E-state index in [1.807, 2.05) is 0 Å². The Bertz CT molecular complexity index is 1620. The van der Waals surface area contributed by atoms with E-state index in [9.17, 15) is 0 Å². The summed E-state index contributed by atoms with van der Waals surface area (Å²) in [6, 6.07) is 30.2. The van der Waals surface area contributed by atoms with Crippen LogP contribution in [0.1, 0.15) is 28.9 Å². The van der Waals surface area contributed by atoms with Crippen molar-refractivity contribution in [1.82, 2.24) is 0 Å². The van der Waals surface area contributed by atoms with Gasteiger partial charge in [-0.25, -0.2) is 0 Å². The van der Waals surface area contributed by atoms with Crippen molar-refractivity contribution in [2.45, 2.75) is 12.8 Å². The summed E-state index contributed by atoms with van der Waals surface area (Å²) in [6.45, 7) is 0. The van der Waals surface area contributed by atoms with Gasteiger partial charge < -0.3 is 9.73 Å². The molecule has 0 radical (unpaired) electrons. The summed E-state index contributed by atoms with van der Waals surface area (Å²) in [5.74, 6) is 1.10. The van der Waals surface area contributed by atoms with Crippen LogP contribution < -0.4 is 5.32 Å². The normalized spacial score (nSPS) is 13.6. The minimum atomic E-state index is 0.972. The van der Waals surface area contributed by atoms with Gasteiger partial charge in [-0.2, -0.15) is 0 Å². The van der Waals surface area contributed by atoms with Gasteiger partial charge in [-0.1, -0.05) is 85.0 Å². The highest BCUT2D eigenvalue weighted by atomic mass is 16.3. The number of nitrogens with one attached hydrogen (secondary N) is 1. The number of benzene rings is 4. The van der Waals surface area contributed by atoms with Crippen molar-refractivity contribution in [3.63, 3.8) is 0 Å². The molecule has 162 valence electrons. The van der Waals surface area contributed by atoms with E-state index in [0.29, 0.717) is 0 Å². The van der Waals surface area contributed by atoms with Gasteiger partial charge in [0, 0.05) is 34.3 Å². The third-order valence-corrected chi connectivity index (χ3v) is 6.89. The number of aryl methyl sites for hydroxylation is 1. The van der Waals surface area contributed by atoms with E-state index >= 15 is 0 Å². The zero-order chi connectivity index (χ0) is 22.5. The van der Waals surface area contributed by atoms with Crippen molar-refractivity contribution >= 4 is 40.6 Å². The predicted octanol–water partition coefficient (Wildman–Crippen LogP) is 8.95. The van der Waals surface area contributed by atoms with Crippen LogP contribution in [-0.2, 0) is 6.42 Å². The quantitative estimate of drug-likeness (QED) is 0.292. The fraction of sp³-hybridized carbons (Fsp3) is 0.0625. The molecule has 4 aromatic carbocycles. The van der Waals surface area contributed by atoms with Gasteiger partial charge in [-0.15, -0.1) is 0 Å². The average Bonchev–Trinajstić information content (AvgIpc) is 3.18. The molecule has 1 N–H and O–H groups in total. The Labute approximate surface area is 198 Å². The first-order valence-electron chi connectivity index (χ1n) is 11.8. The van der Waals surface area contributed by atoms with Crippen molar-refractivity contribution in [1.29, 1.82) is 0 Å². The smallest absolute Gasteiger partial charge is 0.142 e. The molecule has 0 amide bonds. The minimum absolute atomic E-state index is 0.972. The molecule has 2 heterocycles. The first-order chi connectivity index (χ1) is 16.8. The Morgan fingerprint density at radius 3 is 2.24 bits per heavy atom. The molecule has 0 saturated carbocycles. The van der Waals surface area contributed by atoms with E-state index in [4.69, 9.17) is 4.42 Å². The number of hydrogen-bond acceptors (Lipinski definition) is 2. The number of anilines is 2. The second-order valence-electron chi connectivity index (χ2n) is 8.99. The molecule has 0 fully saturated rings. The summed E-state index contributed by atoms with van der Waals surface area (Å²) in [6.07, 6.45) is 10.9. The van der Waals surface area contributed by atoms with Gasteiger partial charge >= 0.3 is 0 Å². The van der Waals surface area contributed by atoms with Crippen LogP contribution in [0, 0.1) is 0 Å². The fourth-order valence-corrected chi connectivity index (χ4v) is 5.13. The molecule has 0 bridgehead atoms. The lowest BCUT2D eigenvalue weighted by Gasteiger charge is -2.12. The van der Waals surface area contributed by atoms with E-state index in [-0.39, 0.29) is 0 Å². The van der Waals surface area contributed by atoms with Crippen LogP contribution in [0.5, 0.6) is 0 Å². The van der Waals surface area contributed by atoms with Crippen molar-refractivity contribution in [2.75, 3.05) is 5.32 Å². The Kier molecular flexibility index (Phi) is 4.31. The maximum absolute atomic E-state index is 6.37. The first-order valence-corrected chi connectivity index (χ1v) is 11.8. The van der Waals surface area contributed by atoms with Crippen LogP contribution in [-0.4, -0.2) is 0 Å². The monoisotopic (exact) mass is 437 g/mol. The summed E-state index contributed by atoms with van der Waals surface area (Å²) in [4.78, 5) is 0. The third-order valence-electron chi connectivity index (χ3n) is 6.89. The molecule has 5 aromatic rings. The van der Waals surface area contributed by atoms with Gasteiger partial charge in [-0.3, -0.25) is 0 Å². The van der Waals surface area contributed by atoms with Crippen molar-refractivity contribution < 1.29 is 4.42 Å². The molecule has 2 aliphatic rings. The first kappa shape index (κ1) is 19.2. The molecule has 0 saturated heterocycles. The van der Waals surface area contributed by atoms with Crippen molar-refractivity contribution in [3.8, 4) is 22.3 Å². The fourth-order valence-electron chi connectivity index (χ4n) is 5.13. The zero-order valence-electron chi connectivity index (χ0n) is 18.7. The lowest BCUT2D eigenvalue weighted by atomic mass is 9.97. The lowest BCUT2D eigenvalue weighted by Crippen LogP contribution is -1.94. The number of hydrogen-bond donors (Lipinski definition) is 1. The van der Waals surface area contributed by atoms with Gasteiger partial charge in [0.15, 0.2) is 0 Å². The standard InChI is InChI=1S/C32H23NO/c1-2-7-21(8-3-1)22-15-17-29-24(19-22)13-14-25-20-23(16-18-30(25)33-29)26-10-6-11-28-27-9-4-5-12-31(27)34-32(26)28/h1-4,6-11,13-20,33H,5,12H2. The highest BCUT2D eigenvalue weighted by molar-refractivity contribution is 5.99. The Balaban J connectivity index is 1.30. The van der Waals surface area contributed by atoms with Crippen LogP contribution in [0.25, 0.3) is 51.5 Å². The molecule has 34 heavy (non-hydrogen) atoms. The maximum Gasteiger partial charge on any atom is 0.142 e. The summed E-state index contributed by atoms with van der Waals surface area (Å²) >= 11 is 0. The van der Waals surface area contributed by atoms with Crippen LogP contribution >= 0.6 is 0 Å². The molecule has 0 spiro atoms. The summed E-state index contributed by atoms with van der Waals surface area (Å²) in [5, 5.41) is 4.84. The average molecular weight is 438 g/mol. The van der Waals surface area contributed by atoms with Gasteiger partial charge in [0.1, 0.15) is 11.3 Å². The zero-order valence-corrected chi connectivity index (χ0v) is 18.7. The topological polar surface area (TPSA) is 25.2 Å². The number of para-hydroxylation sites is 1.